The first-order chi connectivity index (χ1) is 15.5. The second-order valence-corrected chi connectivity index (χ2v) is 9.86. The number of sulfonamides is 1. The van der Waals surface area contributed by atoms with E-state index in [0.29, 0.717) is 11.3 Å². The number of amides is 1. The van der Waals surface area contributed by atoms with Gasteiger partial charge in [0.05, 0.1) is 19.4 Å². The van der Waals surface area contributed by atoms with Gasteiger partial charge < -0.3 is 9.64 Å². The molecule has 1 saturated heterocycles. The summed E-state index contributed by atoms with van der Waals surface area (Å²) in [6, 6.07) is 17.3. The number of hydrazone groups is 1. The van der Waals surface area contributed by atoms with Crippen LogP contribution in [-0.2, 0) is 14.8 Å². The third-order valence-electron chi connectivity index (χ3n) is 4.81. The molecule has 2 heterocycles. The minimum absolute atomic E-state index is 0.228. The van der Waals surface area contributed by atoms with Crippen molar-refractivity contribution in [2.75, 3.05) is 35.9 Å². The number of hydrogen-bond acceptors (Lipinski definition) is 7. The lowest BCUT2D eigenvalue weighted by Gasteiger charge is -2.28. The van der Waals surface area contributed by atoms with Gasteiger partial charge in [0.15, 0.2) is 0 Å². The Morgan fingerprint density at radius 2 is 1.75 bits per heavy atom. The predicted molar refractivity (Wildman–Crippen MR) is 126 cm³/mol. The summed E-state index contributed by atoms with van der Waals surface area (Å²) in [5.74, 6) is -0.390. The SMILES string of the molecule is O=C(NN=Cc1ccc(N2CCOCC2)cc1)c1ccc(NS(=O)(=O)c2cccs2)cc1. The first kappa shape index (κ1) is 22.0. The number of rotatable bonds is 7. The van der Waals surface area contributed by atoms with Crippen molar-refractivity contribution in [1.29, 1.82) is 0 Å². The summed E-state index contributed by atoms with van der Waals surface area (Å²) >= 11 is 1.13. The van der Waals surface area contributed by atoms with E-state index in [-0.39, 0.29) is 10.1 Å². The number of benzene rings is 2. The molecule has 10 heteroatoms. The maximum Gasteiger partial charge on any atom is 0.271 e. The standard InChI is InChI=1S/C22H22N4O4S2/c27-22(18-5-7-19(8-6-18)25-32(28,29)21-2-1-15-31-21)24-23-16-17-3-9-20(10-4-17)26-11-13-30-14-12-26/h1-10,15-16,25H,11-14H2,(H,24,27). The molecular weight excluding hydrogens is 448 g/mol. The second-order valence-electron chi connectivity index (χ2n) is 7.01. The van der Waals surface area contributed by atoms with Crippen molar-refractivity contribution >= 4 is 44.9 Å². The Morgan fingerprint density at radius 3 is 2.41 bits per heavy atom. The molecule has 1 aliphatic rings. The van der Waals surface area contributed by atoms with Crippen LogP contribution >= 0.6 is 11.3 Å². The summed E-state index contributed by atoms with van der Waals surface area (Å²) in [7, 11) is -3.62. The Hall–Kier alpha value is -3.21. The number of nitrogens with one attached hydrogen (secondary N) is 2. The number of carbonyl (C=O) groups excluding carboxylic acids is 1. The van der Waals surface area contributed by atoms with Gasteiger partial charge in [-0.25, -0.2) is 13.8 Å². The zero-order valence-corrected chi connectivity index (χ0v) is 18.7. The molecule has 32 heavy (non-hydrogen) atoms. The minimum atomic E-state index is -3.62. The molecule has 0 spiro atoms. The van der Waals surface area contributed by atoms with Crippen molar-refractivity contribution in [3.63, 3.8) is 0 Å². The average Bonchev–Trinajstić information content (AvgIpc) is 3.37. The van der Waals surface area contributed by atoms with Gasteiger partial charge in [-0.2, -0.15) is 5.10 Å². The lowest BCUT2D eigenvalue weighted by atomic mass is 10.2. The van der Waals surface area contributed by atoms with E-state index >= 15 is 0 Å². The van der Waals surface area contributed by atoms with Crippen LogP contribution in [0, 0.1) is 0 Å². The lowest BCUT2D eigenvalue weighted by Crippen LogP contribution is -2.36. The average molecular weight is 471 g/mol. The number of morpholine rings is 1. The number of carbonyl (C=O) groups is 1. The maximum absolute atomic E-state index is 12.3. The highest BCUT2D eigenvalue weighted by atomic mass is 32.2. The summed E-state index contributed by atoms with van der Waals surface area (Å²) in [5.41, 5.74) is 5.21. The van der Waals surface area contributed by atoms with Gasteiger partial charge in [0.2, 0.25) is 0 Å². The molecule has 0 unspecified atom stereocenters. The molecule has 2 N–H and O–H groups in total. The molecule has 4 rings (SSSR count). The minimum Gasteiger partial charge on any atom is -0.378 e. The van der Waals surface area contributed by atoms with Crippen LogP contribution in [0.15, 0.2) is 75.4 Å². The lowest BCUT2D eigenvalue weighted by molar-refractivity contribution is 0.0955. The molecule has 0 radical (unpaired) electrons. The van der Waals surface area contributed by atoms with Crippen LogP contribution in [-0.4, -0.2) is 46.8 Å². The van der Waals surface area contributed by atoms with Gasteiger partial charge in [0.1, 0.15) is 4.21 Å². The molecule has 1 fully saturated rings. The van der Waals surface area contributed by atoms with Crippen molar-refractivity contribution in [1.82, 2.24) is 5.43 Å². The van der Waals surface area contributed by atoms with Crippen LogP contribution in [0.2, 0.25) is 0 Å². The molecule has 0 bridgehead atoms. The van der Waals surface area contributed by atoms with Gasteiger partial charge in [0.25, 0.3) is 15.9 Å². The molecule has 2 aromatic carbocycles. The van der Waals surface area contributed by atoms with Crippen molar-refractivity contribution in [2.45, 2.75) is 4.21 Å². The van der Waals surface area contributed by atoms with Gasteiger partial charge in [-0.1, -0.05) is 18.2 Å². The Bertz CT molecular complexity index is 1170. The fourth-order valence-electron chi connectivity index (χ4n) is 3.13. The number of thiophene rings is 1. The first-order valence-electron chi connectivity index (χ1n) is 9.94. The van der Waals surface area contributed by atoms with Gasteiger partial charge in [-0.05, 0) is 53.4 Å². The topological polar surface area (TPSA) is 100 Å². The second kappa shape index (κ2) is 9.94. The van der Waals surface area contributed by atoms with Crippen molar-refractivity contribution in [3.05, 3.63) is 77.2 Å². The van der Waals surface area contributed by atoms with E-state index in [1.165, 1.54) is 30.3 Å². The molecule has 0 saturated carbocycles. The van der Waals surface area contributed by atoms with Crippen LogP contribution in [0.1, 0.15) is 15.9 Å². The van der Waals surface area contributed by atoms with Crippen molar-refractivity contribution in [3.8, 4) is 0 Å². The van der Waals surface area contributed by atoms with E-state index in [1.807, 2.05) is 24.3 Å². The Kier molecular flexibility index (Phi) is 6.84. The molecule has 8 nitrogen and oxygen atoms in total. The summed E-state index contributed by atoms with van der Waals surface area (Å²) < 4.78 is 32.6. The molecule has 0 atom stereocenters. The van der Waals surface area contributed by atoms with Gasteiger partial charge in [0, 0.05) is 30.0 Å². The van der Waals surface area contributed by atoms with Crippen LogP contribution < -0.4 is 15.0 Å². The van der Waals surface area contributed by atoms with E-state index in [0.717, 1.165) is 48.9 Å². The molecule has 0 aliphatic carbocycles. The zero-order chi connectivity index (χ0) is 22.4. The fourth-order valence-corrected chi connectivity index (χ4v) is 5.19. The van der Waals surface area contributed by atoms with Crippen LogP contribution in [0.3, 0.4) is 0 Å². The zero-order valence-electron chi connectivity index (χ0n) is 17.1. The molecule has 1 amide bonds. The number of nitrogens with zero attached hydrogens (tertiary/aromatic N) is 2. The summed E-state index contributed by atoms with van der Waals surface area (Å²) in [6.45, 7) is 3.21. The number of anilines is 2. The highest BCUT2D eigenvalue weighted by molar-refractivity contribution is 7.94. The van der Waals surface area contributed by atoms with E-state index in [2.05, 4.69) is 20.1 Å². The molecule has 3 aromatic rings. The smallest absolute Gasteiger partial charge is 0.271 e. The van der Waals surface area contributed by atoms with Crippen molar-refractivity contribution in [2.24, 2.45) is 5.10 Å². The quantitative estimate of drug-likeness (QED) is 0.408. The Labute approximate surface area is 190 Å². The molecule has 1 aliphatic heterocycles. The van der Waals surface area contributed by atoms with E-state index in [9.17, 15) is 13.2 Å². The third-order valence-corrected chi connectivity index (χ3v) is 7.59. The Balaban J connectivity index is 1.31. The number of ether oxygens (including phenoxy) is 1. The van der Waals surface area contributed by atoms with Gasteiger partial charge in [-0.15, -0.1) is 11.3 Å². The van der Waals surface area contributed by atoms with Crippen LogP contribution in [0.5, 0.6) is 0 Å². The predicted octanol–water partition coefficient (Wildman–Crippen LogP) is 3.15. The summed E-state index contributed by atoms with van der Waals surface area (Å²) in [5, 5.41) is 5.70. The summed E-state index contributed by atoms with van der Waals surface area (Å²) in [4.78, 5) is 14.6. The molecule has 166 valence electrons. The van der Waals surface area contributed by atoms with Crippen LogP contribution in [0.4, 0.5) is 11.4 Å². The monoisotopic (exact) mass is 470 g/mol. The van der Waals surface area contributed by atoms with E-state index in [1.54, 1.807) is 17.7 Å². The van der Waals surface area contributed by atoms with E-state index in [4.69, 9.17) is 4.74 Å². The highest BCUT2D eigenvalue weighted by Gasteiger charge is 2.15. The Morgan fingerprint density at radius 1 is 1.03 bits per heavy atom. The number of hydrogen-bond donors (Lipinski definition) is 2. The molecule has 1 aromatic heterocycles. The fraction of sp³-hybridized carbons (Fsp3) is 0.182. The first-order valence-corrected chi connectivity index (χ1v) is 12.3. The maximum atomic E-state index is 12.3. The summed E-state index contributed by atoms with van der Waals surface area (Å²) in [6.07, 6.45) is 1.57. The molecular formula is C22H22N4O4S2. The highest BCUT2D eigenvalue weighted by Crippen LogP contribution is 2.20. The normalized spacial score (nSPS) is 14.4. The van der Waals surface area contributed by atoms with Gasteiger partial charge >= 0.3 is 0 Å². The third kappa shape index (κ3) is 5.52. The van der Waals surface area contributed by atoms with Gasteiger partial charge in [-0.3, -0.25) is 9.52 Å². The van der Waals surface area contributed by atoms with Crippen molar-refractivity contribution < 1.29 is 17.9 Å². The largest absolute Gasteiger partial charge is 0.378 e. The van der Waals surface area contributed by atoms with Crippen LogP contribution in [0.25, 0.3) is 0 Å². The van der Waals surface area contributed by atoms with E-state index < -0.39 is 10.0 Å².